The van der Waals surface area contributed by atoms with Crippen LogP contribution in [0.1, 0.15) is 18.9 Å². The van der Waals surface area contributed by atoms with Crippen molar-refractivity contribution in [2.45, 2.75) is 19.4 Å². The molecular weight excluding hydrogens is 383 g/mol. The summed E-state index contributed by atoms with van der Waals surface area (Å²) in [6.45, 7) is 2.62. The van der Waals surface area contributed by atoms with E-state index in [1.807, 2.05) is 25.1 Å². The molecular formula is C22H19FN6O. The molecule has 0 aliphatic carbocycles. The average molecular weight is 402 g/mol. The lowest BCUT2D eigenvalue weighted by Crippen LogP contribution is -2.42. The van der Waals surface area contributed by atoms with Gasteiger partial charge >= 0.3 is 6.03 Å². The molecule has 150 valence electrons. The number of carbonyl (C=O) groups excluding carboxylic acids is 1. The van der Waals surface area contributed by atoms with E-state index in [1.165, 1.54) is 12.3 Å². The zero-order valence-corrected chi connectivity index (χ0v) is 16.3. The van der Waals surface area contributed by atoms with E-state index in [9.17, 15) is 14.4 Å². The quantitative estimate of drug-likeness (QED) is 0.663. The minimum absolute atomic E-state index is 0.145. The van der Waals surface area contributed by atoms with Gasteiger partial charge < -0.3 is 10.6 Å². The van der Waals surface area contributed by atoms with Crippen LogP contribution in [-0.2, 0) is 0 Å². The van der Waals surface area contributed by atoms with Crippen LogP contribution in [0.25, 0.3) is 11.3 Å². The molecule has 30 heavy (non-hydrogen) atoms. The first-order valence-corrected chi connectivity index (χ1v) is 9.51. The minimum atomic E-state index is -0.531. The van der Waals surface area contributed by atoms with E-state index in [2.05, 4.69) is 21.7 Å². The minimum Gasteiger partial charge on any atom is -0.382 e. The molecule has 1 aliphatic heterocycles. The summed E-state index contributed by atoms with van der Waals surface area (Å²) in [5.74, 6) is -0.0571. The van der Waals surface area contributed by atoms with Gasteiger partial charge in [-0.1, -0.05) is 12.1 Å². The van der Waals surface area contributed by atoms with Gasteiger partial charge in [-0.15, -0.1) is 0 Å². The molecule has 0 unspecified atom stereocenters. The van der Waals surface area contributed by atoms with Gasteiger partial charge in [-0.2, -0.15) is 5.26 Å². The number of nitrogens with one attached hydrogen (secondary N) is 2. The largest absolute Gasteiger partial charge is 0.382 e. The highest BCUT2D eigenvalue weighted by Gasteiger charge is 2.28. The Bertz CT molecular complexity index is 1140. The van der Waals surface area contributed by atoms with Crippen LogP contribution in [0.3, 0.4) is 0 Å². The Morgan fingerprint density at radius 3 is 2.97 bits per heavy atom. The fourth-order valence-corrected chi connectivity index (χ4v) is 3.39. The van der Waals surface area contributed by atoms with Crippen LogP contribution in [0, 0.1) is 17.1 Å². The maximum Gasteiger partial charge on any atom is 0.327 e. The van der Waals surface area contributed by atoms with Gasteiger partial charge in [0.2, 0.25) is 0 Å². The van der Waals surface area contributed by atoms with Gasteiger partial charge in [0.1, 0.15) is 5.82 Å². The van der Waals surface area contributed by atoms with Crippen molar-refractivity contribution in [3.05, 3.63) is 66.2 Å². The van der Waals surface area contributed by atoms with Crippen LogP contribution in [0.2, 0.25) is 0 Å². The van der Waals surface area contributed by atoms with Gasteiger partial charge in [0.05, 0.1) is 41.1 Å². The molecule has 8 heteroatoms. The standard InChI is InChI=1S/C22H19FN6O/c1-14-7-8-26-20-6-5-19(16-4-2-3-15(9-16)11-24)28-21(20)29(14)22(30)27-18-10-17(23)12-25-13-18/h2-6,9-10,12-14,26H,7-8H2,1H3,(H,27,30)/t14-/m1/s1. The van der Waals surface area contributed by atoms with E-state index >= 15 is 0 Å². The molecule has 1 aliphatic rings. The fraction of sp³-hybridized carbons (Fsp3) is 0.182. The highest BCUT2D eigenvalue weighted by atomic mass is 19.1. The van der Waals surface area contributed by atoms with Crippen molar-refractivity contribution in [1.29, 1.82) is 5.26 Å². The third-order valence-corrected chi connectivity index (χ3v) is 4.88. The molecule has 4 rings (SSSR count). The van der Waals surface area contributed by atoms with Crippen LogP contribution in [0.5, 0.6) is 0 Å². The van der Waals surface area contributed by atoms with Crippen molar-refractivity contribution >= 4 is 23.2 Å². The number of halogens is 1. The van der Waals surface area contributed by atoms with E-state index in [1.54, 1.807) is 23.1 Å². The van der Waals surface area contributed by atoms with Crippen molar-refractivity contribution in [2.75, 3.05) is 22.1 Å². The predicted octanol–water partition coefficient (Wildman–Crippen LogP) is 4.40. The van der Waals surface area contributed by atoms with Gasteiger partial charge in [0.25, 0.3) is 0 Å². The number of carbonyl (C=O) groups is 1. The predicted molar refractivity (Wildman–Crippen MR) is 113 cm³/mol. The topological polar surface area (TPSA) is 93.9 Å². The number of anilines is 3. The molecule has 0 radical (unpaired) electrons. The van der Waals surface area contributed by atoms with Crippen LogP contribution in [0.15, 0.2) is 54.9 Å². The van der Waals surface area contributed by atoms with Gasteiger partial charge in [0, 0.05) is 24.2 Å². The number of amides is 2. The summed E-state index contributed by atoms with van der Waals surface area (Å²) < 4.78 is 13.5. The lowest BCUT2D eigenvalue weighted by molar-refractivity contribution is 0.255. The smallest absolute Gasteiger partial charge is 0.327 e. The van der Waals surface area contributed by atoms with Crippen molar-refractivity contribution in [3.8, 4) is 17.3 Å². The normalized spacial score (nSPS) is 15.4. The molecule has 0 bridgehead atoms. The summed E-state index contributed by atoms with van der Waals surface area (Å²) in [6.07, 6.45) is 3.18. The Labute approximate surface area is 173 Å². The second kappa shape index (κ2) is 8.17. The summed E-state index contributed by atoms with van der Waals surface area (Å²) >= 11 is 0. The lowest BCUT2D eigenvalue weighted by atomic mass is 10.1. The fourth-order valence-electron chi connectivity index (χ4n) is 3.39. The number of benzene rings is 1. The molecule has 0 saturated heterocycles. The number of rotatable bonds is 2. The summed E-state index contributed by atoms with van der Waals surface area (Å²) in [5.41, 5.74) is 2.95. The molecule has 3 aromatic rings. The second-order valence-electron chi connectivity index (χ2n) is 7.02. The number of fused-ring (bicyclic) bond motifs is 1. The average Bonchev–Trinajstić information content (AvgIpc) is 2.91. The zero-order chi connectivity index (χ0) is 21.1. The zero-order valence-electron chi connectivity index (χ0n) is 16.3. The van der Waals surface area contributed by atoms with Gasteiger partial charge in [-0.25, -0.2) is 14.2 Å². The second-order valence-corrected chi connectivity index (χ2v) is 7.02. The van der Waals surface area contributed by atoms with Gasteiger partial charge in [-0.3, -0.25) is 9.88 Å². The monoisotopic (exact) mass is 402 g/mol. The van der Waals surface area contributed by atoms with E-state index in [4.69, 9.17) is 4.98 Å². The van der Waals surface area contributed by atoms with Gasteiger partial charge in [0.15, 0.2) is 5.82 Å². The molecule has 2 N–H and O–H groups in total. The summed E-state index contributed by atoms with van der Waals surface area (Å²) in [5, 5.41) is 15.2. The van der Waals surface area contributed by atoms with Gasteiger partial charge in [-0.05, 0) is 37.6 Å². The number of nitriles is 1. The first-order chi connectivity index (χ1) is 14.5. The summed E-state index contributed by atoms with van der Waals surface area (Å²) in [6, 6.07) is 13.6. The van der Waals surface area contributed by atoms with E-state index < -0.39 is 11.8 Å². The van der Waals surface area contributed by atoms with Crippen LogP contribution in [0.4, 0.5) is 26.4 Å². The van der Waals surface area contributed by atoms with Crippen LogP contribution in [-0.4, -0.2) is 28.6 Å². The molecule has 1 atom stereocenters. The van der Waals surface area contributed by atoms with Crippen LogP contribution < -0.4 is 15.5 Å². The third-order valence-electron chi connectivity index (χ3n) is 4.88. The number of nitrogens with zero attached hydrogens (tertiary/aromatic N) is 4. The maximum absolute atomic E-state index is 13.5. The highest BCUT2D eigenvalue weighted by molar-refractivity contribution is 6.03. The molecule has 0 spiro atoms. The van der Waals surface area contributed by atoms with E-state index in [0.29, 0.717) is 30.0 Å². The Hall–Kier alpha value is -3.99. The van der Waals surface area contributed by atoms with E-state index in [-0.39, 0.29) is 11.7 Å². The third kappa shape index (κ3) is 3.91. The molecule has 0 fully saturated rings. The Kier molecular flexibility index (Phi) is 5.26. The number of hydrogen-bond donors (Lipinski definition) is 2. The Balaban J connectivity index is 1.73. The first kappa shape index (κ1) is 19.3. The highest BCUT2D eigenvalue weighted by Crippen LogP contribution is 2.32. The number of hydrogen-bond acceptors (Lipinski definition) is 5. The number of aromatic nitrogens is 2. The Morgan fingerprint density at radius 2 is 2.17 bits per heavy atom. The van der Waals surface area contributed by atoms with Crippen molar-refractivity contribution in [3.63, 3.8) is 0 Å². The van der Waals surface area contributed by atoms with Crippen molar-refractivity contribution in [2.24, 2.45) is 0 Å². The lowest BCUT2D eigenvalue weighted by Gasteiger charge is -2.27. The van der Waals surface area contributed by atoms with Crippen LogP contribution >= 0.6 is 0 Å². The van der Waals surface area contributed by atoms with Crippen molar-refractivity contribution < 1.29 is 9.18 Å². The summed E-state index contributed by atoms with van der Waals surface area (Å²) in [4.78, 5) is 23.2. The molecule has 1 aromatic carbocycles. The first-order valence-electron chi connectivity index (χ1n) is 9.51. The molecule has 2 aromatic heterocycles. The SMILES string of the molecule is C[C@@H]1CCNc2ccc(-c3cccc(C#N)c3)nc2N1C(=O)Nc1cncc(F)c1. The number of pyridine rings is 2. The summed E-state index contributed by atoms with van der Waals surface area (Å²) in [7, 11) is 0. The maximum atomic E-state index is 13.5. The molecule has 3 heterocycles. The Morgan fingerprint density at radius 1 is 1.30 bits per heavy atom. The number of urea groups is 1. The molecule has 7 nitrogen and oxygen atoms in total. The molecule has 0 saturated carbocycles. The molecule has 2 amide bonds. The van der Waals surface area contributed by atoms with Crippen molar-refractivity contribution in [1.82, 2.24) is 9.97 Å². The van der Waals surface area contributed by atoms with E-state index in [0.717, 1.165) is 17.4 Å².